The van der Waals surface area contributed by atoms with E-state index in [-0.39, 0.29) is 5.96 Å². The Morgan fingerprint density at radius 1 is 1.50 bits per heavy atom. The smallest absolute Gasteiger partial charge is 0.237 e. The lowest BCUT2D eigenvalue weighted by atomic mass is 10.0. The molecule has 1 aliphatic rings. The summed E-state index contributed by atoms with van der Waals surface area (Å²) in [5.41, 5.74) is 5.93. The van der Waals surface area contributed by atoms with Crippen LogP contribution >= 0.6 is 22.9 Å². The summed E-state index contributed by atoms with van der Waals surface area (Å²) in [4.78, 5) is 14.6. The molecule has 0 fully saturated rings. The molecule has 4 rings (SSSR count). The van der Waals surface area contributed by atoms with Crippen molar-refractivity contribution >= 4 is 39.9 Å². The minimum absolute atomic E-state index is 0.218. The topological polar surface area (TPSA) is 111 Å². The fourth-order valence-corrected chi connectivity index (χ4v) is 5.75. The third-order valence-electron chi connectivity index (χ3n) is 4.47. The molecule has 148 valence electrons. The molecule has 2 unspecified atom stereocenters. The Labute approximate surface area is 173 Å². The van der Waals surface area contributed by atoms with Gasteiger partial charge < -0.3 is 14.6 Å². The van der Waals surface area contributed by atoms with Crippen LogP contribution < -0.4 is 5.73 Å². The molecular weight excluding hydrogens is 422 g/mol. The van der Waals surface area contributed by atoms with Gasteiger partial charge in [0.05, 0.1) is 32.4 Å². The average Bonchev–Trinajstić information content (AvgIpc) is 3.37. The Balaban J connectivity index is 1.76. The number of hydrogen-bond donors (Lipinski definition) is 1. The lowest BCUT2D eigenvalue weighted by molar-refractivity contribution is 0.523. The van der Waals surface area contributed by atoms with Gasteiger partial charge in [-0.1, -0.05) is 18.5 Å². The number of oxazole rings is 2. The molecule has 0 saturated carbocycles. The van der Waals surface area contributed by atoms with Crippen molar-refractivity contribution in [3.63, 3.8) is 0 Å². The third-order valence-corrected chi connectivity index (χ3v) is 7.86. The van der Waals surface area contributed by atoms with Gasteiger partial charge in [0.15, 0.2) is 17.9 Å². The van der Waals surface area contributed by atoms with Crippen molar-refractivity contribution in [1.29, 1.82) is 0 Å². The summed E-state index contributed by atoms with van der Waals surface area (Å²) in [6.07, 6.45) is 3.61. The van der Waals surface area contributed by atoms with Gasteiger partial charge >= 0.3 is 0 Å². The molecule has 0 aromatic carbocycles. The maximum atomic E-state index is 12.4. The van der Waals surface area contributed by atoms with Gasteiger partial charge in [0.1, 0.15) is 16.5 Å². The number of halogens is 1. The van der Waals surface area contributed by atoms with E-state index in [2.05, 4.69) is 15.0 Å². The second-order valence-electron chi connectivity index (χ2n) is 6.51. The molecule has 0 spiro atoms. The van der Waals surface area contributed by atoms with Gasteiger partial charge in [-0.15, -0.1) is 11.3 Å². The monoisotopic (exact) mass is 439 g/mol. The quantitative estimate of drug-likeness (QED) is 0.666. The fraction of sp³-hybridized carbons (Fsp3) is 0.353. The first-order valence-corrected chi connectivity index (χ1v) is 11.0. The van der Waals surface area contributed by atoms with E-state index in [1.165, 1.54) is 22.0 Å². The van der Waals surface area contributed by atoms with E-state index in [0.717, 1.165) is 15.4 Å². The first kappa shape index (κ1) is 19.2. The SMILES string of the molecule is CCc1nc(-c2cc(Cl)c(C3(C)CS(=O)N(C)C(N)=N3)s2)oc1-c1cnco1. The minimum atomic E-state index is -1.28. The van der Waals surface area contributed by atoms with Gasteiger partial charge in [0.2, 0.25) is 11.9 Å². The van der Waals surface area contributed by atoms with Crippen LogP contribution in [0.2, 0.25) is 5.02 Å². The van der Waals surface area contributed by atoms with Crippen LogP contribution in [0.25, 0.3) is 22.3 Å². The number of aromatic nitrogens is 2. The van der Waals surface area contributed by atoms with Gasteiger partial charge in [-0.3, -0.25) is 4.31 Å². The molecule has 1 aliphatic heterocycles. The number of aryl methyl sites for hydroxylation is 1. The van der Waals surface area contributed by atoms with E-state index >= 15 is 0 Å². The van der Waals surface area contributed by atoms with Gasteiger partial charge in [-0.05, 0) is 19.4 Å². The highest BCUT2D eigenvalue weighted by molar-refractivity contribution is 7.83. The summed E-state index contributed by atoms with van der Waals surface area (Å²) in [5, 5.41) is 0.512. The molecule has 4 heterocycles. The largest absolute Gasteiger partial charge is 0.440 e. The van der Waals surface area contributed by atoms with E-state index in [1.54, 1.807) is 19.3 Å². The van der Waals surface area contributed by atoms with E-state index in [0.29, 0.717) is 34.6 Å². The van der Waals surface area contributed by atoms with Crippen LogP contribution in [0.15, 0.2) is 32.5 Å². The van der Waals surface area contributed by atoms with E-state index in [4.69, 9.17) is 26.2 Å². The van der Waals surface area contributed by atoms with Gasteiger partial charge in [-0.25, -0.2) is 19.2 Å². The van der Waals surface area contributed by atoms with Crippen molar-refractivity contribution in [2.24, 2.45) is 10.7 Å². The third kappa shape index (κ3) is 3.15. The van der Waals surface area contributed by atoms with Crippen LogP contribution in [0.4, 0.5) is 0 Å². The Morgan fingerprint density at radius 3 is 2.93 bits per heavy atom. The van der Waals surface area contributed by atoms with E-state index < -0.39 is 16.5 Å². The normalized spacial score (nSPS) is 22.5. The number of guanidine groups is 1. The number of hydrogen-bond acceptors (Lipinski definition) is 8. The Hall–Kier alpha value is -2.17. The Bertz CT molecular complexity index is 1070. The first-order chi connectivity index (χ1) is 13.3. The van der Waals surface area contributed by atoms with E-state index in [9.17, 15) is 4.21 Å². The maximum absolute atomic E-state index is 12.4. The predicted molar refractivity (Wildman–Crippen MR) is 109 cm³/mol. The zero-order valence-electron chi connectivity index (χ0n) is 15.4. The van der Waals surface area contributed by atoms with Crippen molar-refractivity contribution in [2.45, 2.75) is 25.8 Å². The highest BCUT2D eigenvalue weighted by Gasteiger charge is 2.39. The van der Waals surface area contributed by atoms with Crippen molar-refractivity contribution in [2.75, 3.05) is 12.8 Å². The molecule has 0 bridgehead atoms. The van der Waals surface area contributed by atoms with Crippen molar-refractivity contribution in [1.82, 2.24) is 14.3 Å². The Morgan fingerprint density at radius 2 is 2.29 bits per heavy atom. The van der Waals surface area contributed by atoms with Crippen LogP contribution in [-0.2, 0) is 22.9 Å². The zero-order valence-corrected chi connectivity index (χ0v) is 17.8. The molecule has 3 aromatic rings. The van der Waals surface area contributed by atoms with Crippen LogP contribution in [0, 0.1) is 0 Å². The predicted octanol–water partition coefficient (Wildman–Crippen LogP) is 3.41. The molecule has 11 heteroatoms. The van der Waals surface area contributed by atoms with Gasteiger partial charge in [0, 0.05) is 7.05 Å². The summed E-state index contributed by atoms with van der Waals surface area (Å²) in [6.45, 7) is 3.86. The highest BCUT2D eigenvalue weighted by atomic mass is 35.5. The average molecular weight is 440 g/mol. The standard InChI is InChI=1S/C17H18ClN5O3S2/c1-4-10-13(11-6-20-8-25-11)26-15(21-10)12-5-9(18)14(27-12)17(2)7-28(24)23(3)16(19)22-17/h5-6,8H,4,7H2,1-3H3,(H2,19,22). The minimum Gasteiger partial charge on any atom is -0.440 e. The molecule has 3 aromatic heterocycles. The van der Waals surface area contributed by atoms with Crippen LogP contribution in [0.5, 0.6) is 0 Å². The maximum Gasteiger partial charge on any atom is 0.237 e. The molecule has 0 amide bonds. The van der Waals surface area contributed by atoms with Crippen molar-refractivity contribution in [3.05, 3.63) is 34.3 Å². The highest BCUT2D eigenvalue weighted by Crippen LogP contribution is 2.44. The number of nitrogens with zero attached hydrogens (tertiary/aromatic N) is 4. The number of aliphatic imine (C=N–C) groups is 1. The fourth-order valence-electron chi connectivity index (χ4n) is 2.97. The van der Waals surface area contributed by atoms with Gasteiger partial charge in [-0.2, -0.15) is 0 Å². The molecule has 0 radical (unpaired) electrons. The summed E-state index contributed by atoms with van der Waals surface area (Å²) >= 11 is 7.92. The first-order valence-electron chi connectivity index (χ1n) is 8.48. The van der Waals surface area contributed by atoms with Crippen molar-refractivity contribution in [3.8, 4) is 22.3 Å². The summed E-state index contributed by atoms with van der Waals surface area (Å²) in [5.74, 6) is 2.02. The molecule has 2 N–H and O–H groups in total. The summed E-state index contributed by atoms with van der Waals surface area (Å²) < 4.78 is 25.2. The second kappa shape index (κ2) is 7.02. The molecule has 28 heavy (non-hydrogen) atoms. The van der Waals surface area contributed by atoms with E-state index in [1.807, 2.05) is 13.8 Å². The van der Waals surface area contributed by atoms with Crippen LogP contribution in [0.3, 0.4) is 0 Å². The van der Waals surface area contributed by atoms with Crippen LogP contribution in [-0.4, -0.2) is 37.2 Å². The zero-order chi connectivity index (χ0) is 20.1. The van der Waals surface area contributed by atoms with Crippen LogP contribution in [0.1, 0.15) is 24.4 Å². The number of nitrogens with two attached hydrogens (primary N) is 1. The Kier molecular flexibility index (Phi) is 4.80. The number of rotatable bonds is 4. The second-order valence-corrected chi connectivity index (χ2v) is 9.45. The number of thiophene rings is 1. The molecule has 2 atom stereocenters. The van der Waals surface area contributed by atoms with Gasteiger partial charge in [0.25, 0.3) is 0 Å². The molecule has 0 saturated heterocycles. The summed E-state index contributed by atoms with van der Waals surface area (Å²) in [7, 11) is 0.370. The lowest BCUT2D eigenvalue weighted by Gasteiger charge is -2.33. The lowest BCUT2D eigenvalue weighted by Crippen LogP contribution is -2.47. The summed E-state index contributed by atoms with van der Waals surface area (Å²) in [6, 6.07) is 1.79. The molecular formula is C17H18ClN5O3S2. The van der Waals surface area contributed by atoms with Crippen molar-refractivity contribution < 1.29 is 13.0 Å². The molecule has 8 nitrogen and oxygen atoms in total. The molecule has 0 aliphatic carbocycles.